The lowest BCUT2D eigenvalue weighted by molar-refractivity contribution is 0.313. The minimum absolute atomic E-state index is 0.731. The van der Waals surface area contributed by atoms with Crippen LogP contribution < -0.4 is 10.2 Å². The number of rotatable bonds is 7. The molecular formula is C19H25N3S. The summed E-state index contributed by atoms with van der Waals surface area (Å²) in [7, 11) is 0. The Morgan fingerprint density at radius 1 is 0.870 bits per heavy atom. The van der Waals surface area contributed by atoms with Crippen molar-refractivity contribution < 1.29 is 0 Å². The van der Waals surface area contributed by atoms with E-state index in [-0.39, 0.29) is 0 Å². The summed E-state index contributed by atoms with van der Waals surface area (Å²) in [4.78, 5) is 4.57. The van der Waals surface area contributed by atoms with E-state index in [9.17, 15) is 0 Å². The second kappa shape index (κ2) is 9.28. The maximum Gasteiger partial charge on any atom is 0.177 e. The molecule has 122 valence electrons. The minimum Gasteiger partial charge on any atom is -0.332 e. The monoisotopic (exact) mass is 327 g/mol. The molecule has 4 heteroatoms. The lowest BCUT2D eigenvalue weighted by Gasteiger charge is -2.29. The highest BCUT2D eigenvalue weighted by atomic mass is 32.1. The van der Waals surface area contributed by atoms with Gasteiger partial charge >= 0.3 is 0 Å². The summed E-state index contributed by atoms with van der Waals surface area (Å²) < 4.78 is 0. The summed E-state index contributed by atoms with van der Waals surface area (Å²) in [5.41, 5.74) is 2.13. The van der Waals surface area contributed by atoms with E-state index >= 15 is 0 Å². The van der Waals surface area contributed by atoms with Gasteiger partial charge in [0, 0.05) is 24.5 Å². The van der Waals surface area contributed by atoms with Crippen LogP contribution in [0.4, 0.5) is 11.4 Å². The summed E-state index contributed by atoms with van der Waals surface area (Å²) in [6.45, 7) is 8.34. The van der Waals surface area contributed by atoms with Gasteiger partial charge in [-0.15, -0.1) is 0 Å². The summed E-state index contributed by atoms with van der Waals surface area (Å²) in [6, 6.07) is 20.4. The number of hydrogen-bond acceptors (Lipinski definition) is 2. The molecule has 0 saturated heterocycles. The largest absolute Gasteiger partial charge is 0.332 e. The van der Waals surface area contributed by atoms with Crippen LogP contribution in [0.3, 0.4) is 0 Å². The fraction of sp³-hybridized carbons (Fsp3) is 0.316. The van der Waals surface area contributed by atoms with Gasteiger partial charge in [-0.1, -0.05) is 50.2 Å². The maximum atomic E-state index is 5.66. The predicted octanol–water partition coefficient (Wildman–Crippen LogP) is 4.23. The van der Waals surface area contributed by atoms with Crippen LogP contribution in [0.15, 0.2) is 60.7 Å². The zero-order chi connectivity index (χ0) is 16.5. The fourth-order valence-corrected chi connectivity index (χ4v) is 2.76. The van der Waals surface area contributed by atoms with Crippen molar-refractivity contribution in [1.29, 1.82) is 0 Å². The van der Waals surface area contributed by atoms with Gasteiger partial charge in [-0.3, -0.25) is 0 Å². The van der Waals surface area contributed by atoms with E-state index in [2.05, 4.69) is 41.1 Å². The quantitative estimate of drug-likeness (QED) is 0.767. The van der Waals surface area contributed by atoms with E-state index in [0.29, 0.717) is 0 Å². The first kappa shape index (κ1) is 17.4. The van der Waals surface area contributed by atoms with Crippen molar-refractivity contribution in [3.05, 3.63) is 60.7 Å². The third-order valence-electron chi connectivity index (χ3n) is 3.87. The average molecular weight is 327 g/mol. The minimum atomic E-state index is 0.731. The first-order chi connectivity index (χ1) is 11.2. The van der Waals surface area contributed by atoms with Crippen molar-refractivity contribution in [2.75, 3.05) is 36.4 Å². The van der Waals surface area contributed by atoms with Crippen LogP contribution >= 0.6 is 12.2 Å². The van der Waals surface area contributed by atoms with E-state index in [1.165, 1.54) is 0 Å². The Balaban J connectivity index is 2.11. The van der Waals surface area contributed by atoms with Crippen LogP contribution in [0.1, 0.15) is 13.8 Å². The molecule has 0 aliphatic rings. The van der Waals surface area contributed by atoms with E-state index in [1.54, 1.807) is 0 Å². The van der Waals surface area contributed by atoms with Gasteiger partial charge in [0.25, 0.3) is 0 Å². The zero-order valence-corrected chi connectivity index (χ0v) is 14.7. The lowest BCUT2D eigenvalue weighted by atomic mass is 10.3. The molecular weight excluding hydrogens is 302 g/mol. The van der Waals surface area contributed by atoms with Gasteiger partial charge in [-0.25, -0.2) is 0 Å². The molecule has 1 N–H and O–H groups in total. The Kier molecular flexibility index (Phi) is 7.04. The molecule has 0 saturated carbocycles. The molecule has 2 rings (SSSR count). The fourth-order valence-electron chi connectivity index (χ4n) is 2.45. The van der Waals surface area contributed by atoms with Gasteiger partial charge < -0.3 is 15.1 Å². The molecule has 0 aromatic heterocycles. The smallest absolute Gasteiger partial charge is 0.177 e. The number of anilines is 2. The van der Waals surface area contributed by atoms with Crippen molar-refractivity contribution in [2.24, 2.45) is 0 Å². The molecule has 0 unspecified atom stereocenters. The van der Waals surface area contributed by atoms with Gasteiger partial charge in [0.15, 0.2) is 5.11 Å². The van der Waals surface area contributed by atoms with Crippen molar-refractivity contribution >= 4 is 28.7 Å². The second-order valence-electron chi connectivity index (χ2n) is 5.31. The van der Waals surface area contributed by atoms with E-state index < -0.39 is 0 Å². The molecule has 0 heterocycles. The highest BCUT2D eigenvalue weighted by molar-refractivity contribution is 7.80. The molecule has 23 heavy (non-hydrogen) atoms. The van der Waals surface area contributed by atoms with Gasteiger partial charge in [0.05, 0.1) is 0 Å². The third-order valence-corrected chi connectivity index (χ3v) is 4.19. The third kappa shape index (κ3) is 5.34. The molecule has 3 nitrogen and oxygen atoms in total. The molecule has 0 fully saturated rings. The van der Waals surface area contributed by atoms with Crippen LogP contribution in [0, 0.1) is 0 Å². The lowest BCUT2D eigenvalue weighted by Crippen LogP contribution is -2.41. The number of thiocarbonyl (C=S) groups is 1. The van der Waals surface area contributed by atoms with Gasteiger partial charge in [-0.2, -0.15) is 0 Å². The van der Waals surface area contributed by atoms with Crippen LogP contribution in [-0.4, -0.2) is 36.2 Å². The Morgan fingerprint density at radius 2 is 1.43 bits per heavy atom. The summed E-state index contributed by atoms with van der Waals surface area (Å²) in [5.74, 6) is 0. The predicted molar refractivity (Wildman–Crippen MR) is 104 cm³/mol. The standard InChI is InChI=1S/C19H25N3S/c1-3-21(4-2)15-16-22(18-13-9-6-10-14-18)19(23)20-17-11-7-5-8-12-17/h5-14H,3-4,15-16H2,1-2H3,(H,20,23). The Bertz CT molecular complexity index is 582. The normalized spacial score (nSPS) is 10.6. The van der Waals surface area contributed by atoms with Crippen LogP contribution in [0.2, 0.25) is 0 Å². The molecule has 0 atom stereocenters. The van der Waals surface area contributed by atoms with Crippen LogP contribution in [-0.2, 0) is 0 Å². The molecule has 0 spiro atoms. The van der Waals surface area contributed by atoms with Crippen molar-refractivity contribution in [1.82, 2.24) is 4.90 Å². The number of benzene rings is 2. The number of hydrogen-bond donors (Lipinski definition) is 1. The number of nitrogens with zero attached hydrogens (tertiary/aromatic N) is 2. The first-order valence-corrected chi connectivity index (χ1v) is 8.56. The number of likely N-dealkylation sites (N-methyl/N-ethyl adjacent to an activating group) is 1. The second-order valence-corrected chi connectivity index (χ2v) is 5.70. The van der Waals surface area contributed by atoms with Crippen molar-refractivity contribution in [2.45, 2.75) is 13.8 Å². The van der Waals surface area contributed by atoms with Crippen LogP contribution in [0.5, 0.6) is 0 Å². The van der Waals surface area contributed by atoms with E-state index in [1.807, 2.05) is 48.5 Å². The van der Waals surface area contributed by atoms with Gasteiger partial charge in [0.2, 0.25) is 0 Å². The highest BCUT2D eigenvalue weighted by Crippen LogP contribution is 2.16. The zero-order valence-electron chi connectivity index (χ0n) is 13.9. The topological polar surface area (TPSA) is 18.5 Å². The Labute approximate surface area is 144 Å². The highest BCUT2D eigenvalue weighted by Gasteiger charge is 2.13. The first-order valence-electron chi connectivity index (χ1n) is 8.15. The van der Waals surface area contributed by atoms with Crippen molar-refractivity contribution in [3.63, 3.8) is 0 Å². The maximum absolute atomic E-state index is 5.66. The Hall–Kier alpha value is -1.91. The Morgan fingerprint density at radius 3 is 2.00 bits per heavy atom. The van der Waals surface area contributed by atoms with Crippen LogP contribution in [0.25, 0.3) is 0 Å². The van der Waals surface area contributed by atoms with Gasteiger partial charge in [-0.05, 0) is 49.6 Å². The average Bonchev–Trinajstić information content (AvgIpc) is 2.60. The number of para-hydroxylation sites is 2. The molecule has 0 bridgehead atoms. The molecule has 0 aliphatic heterocycles. The number of nitrogens with one attached hydrogen (secondary N) is 1. The molecule has 2 aromatic carbocycles. The van der Waals surface area contributed by atoms with E-state index in [0.717, 1.165) is 42.7 Å². The SMILES string of the molecule is CCN(CC)CCN(C(=S)Nc1ccccc1)c1ccccc1. The summed E-state index contributed by atoms with van der Waals surface area (Å²) in [5, 5.41) is 4.07. The summed E-state index contributed by atoms with van der Waals surface area (Å²) in [6.07, 6.45) is 0. The van der Waals surface area contributed by atoms with Crippen molar-refractivity contribution in [3.8, 4) is 0 Å². The molecule has 0 aliphatic carbocycles. The molecule has 0 amide bonds. The summed E-state index contributed by atoms with van der Waals surface area (Å²) >= 11 is 5.66. The van der Waals surface area contributed by atoms with Gasteiger partial charge in [0.1, 0.15) is 0 Å². The van der Waals surface area contributed by atoms with E-state index in [4.69, 9.17) is 12.2 Å². The molecule has 2 aromatic rings. The molecule has 0 radical (unpaired) electrons.